The van der Waals surface area contributed by atoms with Gasteiger partial charge in [-0.25, -0.2) is 0 Å². The lowest BCUT2D eigenvalue weighted by atomic mass is 8.92. The van der Waals surface area contributed by atoms with Crippen LogP contribution in [-0.2, 0) is 9.53 Å². The maximum atomic E-state index is 11.7. The first-order valence-electron chi connectivity index (χ1n) is 5.47. The van der Waals surface area contributed by atoms with E-state index in [0.29, 0.717) is 47.5 Å². The van der Waals surface area contributed by atoms with Gasteiger partial charge in [0.2, 0.25) is 0 Å². The molecule has 0 unspecified atom stereocenters. The Morgan fingerprint density at radius 1 is 1.21 bits per heavy atom. The quantitative estimate of drug-likeness (QED) is 0.621. The Morgan fingerprint density at radius 3 is 2.07 bits per heavy atom. The van der Waals surface area contributed by atoms with E-state index in [4.69, 9.17) is 4.74 Å². The van der Waals surface area contributed by atoms with Crippen LogP contribution < -0.4 is 0 Å². The number of hydrogen-bond acceptors (Lipinski definition) is 3. The summed E-state index contributed by atoms with van der Waals surface area (Å²) in [7, 11) is 1.51. The molecule has 0 spiro atoms. The molecular formula is C11H12O3. The van der Waals surface area contributed by atoms with Crippen LogP contribution in [0.4, 0.5) is 0 Å². The van der Waals surface area contributed by atoms with E-state index in [1.165, 1.54) is 7.11 Å². The van der Waals surface area contributed by atoms with E-state index in [2.05, 4.69) is 0 Å². The van der Waals surface area contributed by atoms with Gasteiger partial charge < -0.3 is 9.84 Å². The molecule has 0 bridgehead atoms. The fraction of sp³-hybridized carbons (Fsp3) is 0.909. The molecule has 74 valence electrons. The monoisotopic (exact) mass is 192 g/mol. The highest BCUT2D eigenvalue weighted by Crippen LogP contribution is 3.10. The Kier molecular flexibility index (Phi) is 0.668. The van der Waals surface area contributed by atoms with E-state index in [-0.39, 0.29) is 11.4 Å². The molecule has 0 radical (unpaired) electrons. The number of methoxy groups -OCH3 is 1. The zero-order valence-electron chi connectivity index (χ0n) is 7.93. The molecule has 0 saturated heterocycles. The number of aliphatic hydroxyl groups is 1. The molecular weight excluding hydrogens is 180 g/mol. The number of esters is 1. The number of carbonyl (C=O) groups is 1. The second-order valence-electron chi connectivity index (χ2n) is 5.85. The second kappa shape index (κ2) is 1.37. The van der Waals surface area contributed by atoms with Gasteiger partial charge in [0.1, 0.15) is 0 Å². The first-order valence-corrected chi connectivity index (χ1v) is 5.47. The average molecular weight is 192 g/mol. The van der Waals surface area contributed by atoms with Crippen molar-refractivity contribution in [2.24, 2.45) is 46.3 Å². The number of hydrogen-bond donors (Lipinski definition) is 1. The Bertz CT molecular complexity index is 346. The van der Waals surface area contributed by atoms with Gasteiger partial charge in [0.05, 0.1) is 12.5 Å². The van der Waals surface area contributed by atoms with Crippen LogP contribution in [0.25, 0.3) is 0 Å². The van der Waals surface area contributed by atoms with E-state index in [9.17, 15) is 9.90 Å². The molecule has 0 aromatic rings. The molecule has 0 aromatic carbocycles. The van der Waals surface area contributed by atoms with E-state index < -0.39 is 0 Å². The molecule has 6 saturated carbocycles. The lowest BCUT2D eigenvalue weighted by Crippen LogP contribution is -3.11. The molecule has 0 amide bonds. The lowest BCUT2D eigenvalue weighted by Gasteiger charge is -3.10. The van der Waals surface area contributed by atoms with Crippen LogP contribution >= 0.6 is 0 Å². The first-order chi connectivity index (χ1) is 6.77. The molecule has 6 rings (SSSR count). The van der Waals surface area contributed by atoms with Crippen LogP contribution in [0.5, 0.6) is 0 Å². The van der Waals surface area contributed by atoms with Crippen LogP contribution in [0.15, 0.2) is 0 Å². The third-order valence-corrected chi connectivity index (χ3v) is 6.65. The molecule has 3 heteroatoms. The summed E-state index contributed by atoms with van der Waals surface area (Å²) in [6.07, 6.45) is 0. The molecule has 0 heterocycles. The maximum absolute atomic E-state index is 11.7. The minimum Gasteiger partial charge on any atom is -0.469 e. The molecule has 3 nitrogen and oxygen atoms in total. The molecule has 0 aliphatic heterocycles. The predicted molar refractivity (Wildman–Crippen MR) is 44.9 cm³/mol. The summed E-state index contributed by atoms with van der Waals surface area (Å²) >= 11 is 0. The lowest BCUT2D eigenvalue weighted by molar-refractivity contribution is -0.646. The summed E-state index contributed by atoms with van der Waals surface area (Å²) in [6.45, 7) is 0.369. The minimum absolute atomic E-state index is 0.0222. The summed E-state index contributed by atoms with van der Waals surface area (Å²) < 4.78 is 4.92. The van der Waals surface area contributed by atoms with Gasteiger partial charge in [-0.15, -0.1) is 0 Å². The van der Waals surface area contributed by atoms with Crippen molar-refractivity contribution in [1.29, 1.82) is 0 Å². The Balaban J connectivity index is 1.59. The summed E-state index contributed by atoms with van der Waals surface area (Å²) in [5, 5.41) is 9.38. The van der Waals surface area contributed by atoms with Gasteiger partial charge in [-0.1, -0.05) is 0 Å². The predicted octanol–water partition coefficient (Wildman–Crippen LogP) is -0.110. The van der Waals surface area contributed by atoms with Crippen molar-refractivity contribution in [2.75, 3.05) is 13.7 Å². The normalized spacial score (nSPS) is 77.0. The fourth-order valence-electron chi connectivity index (χ4n) is 6.65. The van der Waals surface area contributed by atoms with Gasteiger partial charge in [0.25, 0.3) is 0 Å². The van der Waals surface area contributed by atoms with Gasteiger partial charge in [-0.2, -0.15) is 0 Å². The van der Waals surface area contributed by atoms with Crippen molar-refractivity contribution in [1.82, 2.24) is 0 Å². The van der Waals surface area contributed by atoms with E-state index in [1.54, 1.807) is 0 Å². The molecule has 6 aliphatic rings. The van der Waals surface area contributed by atoms with E-state index in [0.717, 1.165) is 0 Å². The smallest absolute Gasteiger partial charge is 0.312 e. The van der Waals surface area contributed by atoms with Crippen molar-refractivity contribution < 1.29 is 14.6 Å². The van der Waals surface area contributed by atoms with Crippen molar-refractivity contribution in [3.8, 4) is 0 Å². The molecule has 6 fully saturated rings. The maximum Gasteiger partial charge on any atom is 0.312 e. The van der Waals surface area contributed by atoms with E-state index in [1.807, 2.05) is 0 Å². The van der Waals surface area contributed by atoms with Crippen LogP contribution in [0.3, 0.4) is 0 Å². The van der Waals surface area contributed by atoms with Crippen molar-refractivity contribution in [3.05, 3.63) is 0 Å². The second-order valence-corrected chi connectivity index (χ2v) is 5.85. The number of ether oxygens (including phenoxy) is 1. The van der Waals surface area contributed by atoms with Gasteiger partial charge >= 0.3 is 5.97 Å². The van der Waals surface area contributed by atoms with Gasteiger partial charge in [-0.05, 0) is 35.5 Å². The Labute approximate surface area is 81.4 Å². The third kappa shape index (κ3) is 0.251. The molecule has 1 N–H and O–H groups in total. The fourth-order valence-corrected chi connectivity index (χ4v) is 6.65. The molecule has 14 heavy (non-hydrogen) atoms. The number of aliphatic hydroxyl groups excluding tert-OH is 1. The summed E-state index contributed by atoms with van der Waals surface area (Å²) in [6, 6.07) is 0. The molecule has 0 atom stereocenters. The van der Waals surface area contributed by atoms with Crippen LogP contribution in [0.2, 0.25) is 0 Å². The van der Waals surface area contributed by atoms with Crippen LogP contribution in [0, 0.1) is 46.3 Å². The van der Waals surface area contributed by atoms with Gasteiger partial charge in [0.15, 0.2) is 0 Å². The standard InChI is InChI=1S/C11H12O3/c1-14-9(13)11-6-3-7(11)5-8(11)4(6)10(3,5)2-12/h3-8,12H,2H2,1H3. The highest BCUT2D eigenvalue weighted by Gasteiger charge is 3.11. The number of rotatable bonds is 2. The molecule has 6 aliphatic carbocycles. The highest BCUT2D eigenvalue weighted by molar-refractivity contribution is 5.88. The average Bonchev–Trinajstić information content (AvgIpc) is 2.27. The third-order valence-electron chi connectivity index (χ3n) is 6.65. The van der Waals surface area contributed by atoms with Crippen molar-refractivity contribution in [2.45, 2.75) is 0 Å². The minimum atomic E-state index is -0.0222. The van der Waals surface area contributed by atoms with Crippen molar-refractivity contribution >= 4 is 5.97 Å². The zero-order chi connectivity index (χ0) is 9.46. The van der Waals surface area contributed by atoms with Gasteiger partial charge in [0, 0.05) is 12.0 Å². The number of carbonyl (C=O) groups excluding carboxylic acids is 1. The molecule has 0 aromatic heterocycles. The SMILES string of the molecule is COC(=O)C12C3C4C1C1C2C3C41CO. The largest absolute Gasteiger partial charge is 0.469 e. The van der Waals surface area contributed by atoms with Crippen LogP contribution in [-0.4, -0.2) is 24.8 Å². The first kappa shape index (κ1) is 6.83. The van der Waals surface area contributed by atoms with Crippen molar-refractivity contribution in [3.63, 3.8) is 0 Å². The topological polar surface area (TPSA) is 46.5 Å². The summed E-state index contributed by atoms with van der Waals surface area (Å²) in [5.41, 5.74) is 0.293. The zero-order valence-corrected chi connectivity index (χ0v) is 7.93. The van der Waals surface area contributed by atoms with E-state index >= 15 is 0 Å². The van der Waals surface area contributed by atoms with Crippen LogP contribution in [0.1, 0.15) is 0 Å². The highest BCUT2D eigenvalue weighted by atomic mass is 16.5. The Morgan fingerprint density at radius 2 is 1.71 bits per heavy atom. The van der Waals surface area contributed by atoms with Gasteiger partial charge in [-0.3, -0.25) is 4.79 Å². The summed E-state index contributed by atoms with van der Waals surface area (Å²) in [5.74, 6) is 3.99. The summed E-state index contributed by atoms with van der Waals surface area (Å²) in [4.78, 5) is 11.7. The Hall–Kier alpha value is -0.570.